The molecule has 16 heavy (non-hydrogen) atoms. The van der Waals surface area contributed by atoms with Gasteiger partial charge in [0.05, 0.1) is 5.69 Å². The van der Waals surface area contributed by atoms with Gasteiger partial charge in [-0.3, -0.25) is 4.99 Å². The van der Waals surface area contributed by atoms with E-state index in [1.165, 1.54) is 0 Å². The second-order valence-electron chi connectivity index (χ2n) is 3.76. The van der Waals surface area contributed by atoms with Crippen LogP contribution < -0.4 is 5.73 Å². The van der Waals surface area contributed by atoms with Gasteiger partial charge in [-0.15, -0.1) is 0 Å². The van der Waals surface area contributed by atoms with E-state index in [-0.39, 0.29) is 0 Å². The largest absolute Gasteiger partial charge is 0.402 e. The Bertz CT molecular complexity index is 434. The molecule has 1 rings (SSSR count). The number of benzene rings is 1. The van der Waals surface area contributed by atoms with Gasteiger partial charge in [-0.25, -0.2) is 0 Å². The second kappa shape index (κ2) is 5.71. The third kappa shape index (κ3) is 3.70. The summed E-state index contributed by atoms with van der Waals surface area (Å²) in [7, 11) is 0. The van der Waals surface area contributed by atoms with E-state index in [1.807, 2.05) is 45.0 Å². The fraction of sp³-hybridized carbons (Fsp3) is 0.308. The first kappa shape index (κ1) is 12.8. The van der Waals surface area contributed by atoms with Crippen molar-refractivity contribution in [2.45, 2.75) is 27.2 Å². The molecule has 0 aromatic heterocycles. The zero-order chi connectivity index (χ0) is 12.1. The van der Waals surface area contributed by atoms with Gasteiger partial charge in [-0.2, -0.15) is 0 Å². The number of aryl methyl sites for hydroxylation is 1. The van der Waals surface area contributed by atoms with Crippen molar-refractivity contribution in [1.29, 1.82) is 0 Å². The van der Waals surface area contributed by atoms with Gasteiger partial charge >= 0.3 is 0 Å². The van der Waals surface area contributed by atoms with E-state index in [4.69, 9.17) is 17.3 Å². The zero-order valence-corrected chi connectivity index (χ0v) is 10.7. The van der Waals surface area contributed by atoms with E-state index < -0.39 is 0 Å². The number of halogens is 1. The smallest absolute Gasteiger partial charge is 0.0647 e. The molecule has 86 valence electrons. The summed E-state index contributed by atoms with van der Waals surface area (Å²) >= 11 is 6.02. The molecule has 0 saturated heterocycles. The molecule has 0 fully saturated rings. The second-order valence-corrected chi connectivity index (χ2v) is 4.17. The van der Waals surface area contributed by atoms with E-state index in [2.05, 4.69) is 4.99 Å². The Balaban J connectivity index is 2.94. The molecule has 0 unspecified atom stereocenters. The molecule has 1 aromatic rings. The summed E-state index contributed by atoms with van der Waals surface area (Å²) < 4.78 is 0. The van der Waals surface area contributed by atoms with E-state index in [9.17, 15) is 0 Å². The minimum Gasteiger partial charge on any atom is -0.402 e. The predicted octanol–water partition coefficient (Wildman–Crippen LogP) is 3.99. The average Bonchev–Trinajstić information content (AvgIpc) is 2.23. The summed E-state index contributed by atoms with van der Waals surface area (Å²) in [5.41, 5.74) is 9.37. The first-order valence-electron chi connectivity index (χ1n) is 5.30. The minimum absolute atomic E-state index is 0.737. The summed E-state index contributed by atoms with van der Waals surface area (Å²) in [6.45, 7) is 5.91. The first-order valence-corrected chi connectivity index (χ1v) is 5.68. The molecular formula is C13H17ClN2. The predicted molar refractivity (Wildman–Crippen MR) is 71.5 cm³/mol. The van der Waals surface area contributed by atoms with Crippen molar-refractivity contribution in [3.63, 3.8) is 0 Å². The van der Waals surface area contributed by atoms with Gasteiger partial charge in [0, 0.05) is 16.4 Å². The van der Waals surface area contributed by atoms with Gasteiger partial charge in [-0.1, -0.05) is 24.6 Å². The number of hydrogen-bond acceptors (Lipinski definition) is 2. The third-order valence-corrected chi connectivity index (χ3v) is 2.67. The Kier molecular flexibility index (Phi) is 4.56. The maximum atomic E-state index is 6.02. The van der Waals surface area contributed by atoms with Crippen molar-refractivity contribution >= 4 is 23.0 Å². The fourth-order valence-corrected chi connectivity index (χ4v) is 1.43. The number of rotatable bonds is 3. The van der Waals surface area contributed by atoms with Crippen LogP contribution in [-0.4, -0.2) is 5.71 Å². The molecule has 0 heterocycles. The van der Waals surface area contributed by atoms with E-state index in [1.54, 1.807) is 0 Å². The van der Waals surface area contributed by atoms with Crippen molar-refractivity contribution in [1.82, 2.24) is 0 Å². The Morgan fingerprint density at radius 1 is 1.50 bits per heavy atom. The molecule has 0 atom stereocenters. The van der Waals surface area contributed by atoms with Crippen LogP contribution in [0, 0.1) is 6.92 Å². The van der Waals surface area contributed by atoms with Crippen molar-refractivity contribution in [3.8, 4) is 0 Å². The van der Waals surface area contributed by atoms with Crippen LogP contribution in [0.3, 0.4) is 0 Å². The van der Waals surface area contributed by atoms with Gasteiger partial charge in [-0.05, 0) is 44.0 Å². The normalized spacial score (nSPS) is 13.0. The van der Waals surface area contributed by atoms with Gasteiger partial charge in [0.15, 0.2) is 0 Å². The lowest BCUT2D eigenvalue weighted by Gasteiger charge is -2.01. The van der Waals surface area contributed by atoms with Crippen LogP contribution in [0.2, 0.25) is 5.02 Å². The molecule has 0 aliphatic heterocycles. The lowest BCUT2D eigenvalue weighted by molar-refractivity contribution is 1.07. The lowest BCUT2D eigenvalue weighted by atomic mass is 10.2. The van der Waals surface area contributed by atoms with Gasteiger partial charge in [0.1, 0.15) is 0 Å². The molecular weight excluding hydrogens is 220 g/mol. The number of nitrogens with zero attached hydrogens (tertiary/aromatic N) is 1. The summed E-state index contributed by atoms with van der Waals surface area (Å²) in [6.07, 6.45) is 2.72. The lowest BCUT2D eigenvalue weighted by Crippen LogP contribution is -1.98. The maximum Gasteiger partial charge on any atom is 0.0647 e. The zero-order valence-electron chi connectivity index (χ0n) is 9.92. The van der Waals surface area contributed by atoms with Crippen molar-refractivity contribution < 1.29 is 0 Å². The number of aliphatic imine (C=N–C) groups is 1. The van der Waals surface area contributed by atoms with Crippen LogP contribution >= 0.6 is 11.6 Å². The molecule has 0 amide bonds. The highest BCUT2D eigenvalue weighted by molar-refractivity contribution is 6.31. The Labute approximate surface area is 102 Å². The quantitative estimate of drug-likeness (QED) is 0.792. The maximum absolute atomic E-state index is 6.02. The monoisotopic (exact) mass is 236 g/mol. The Morgan fingerprint density at radius 3 is 2.75 bits per heavy atom. The topological polar surface area (TPSA) is 38.4 Å². The molecule has 0 bridgehead atoms. The van der Waals surface area contributed by atoms with Crippen LogP contribution in [0.4, 0.5) is 5.69 Å². The molecule has 0 aliphatic carbocycles. The number of hydrogen-bond donors (Lipinski definition) is 1. The Hall–Kier alpha value is -1.28. The molecule has 2 nitrogen and oxygen atoms in total. The molecule has 2 N–H and O–H groups in total. The van der Waals surface area contributed by atoms with Crippen molar-refractivity contribution in [2.24, 2.45) is 10.7 Å². The van der Waals surface area contributed by atoms with Crippen LogP contribution in [0.5, 0.6) is 0 Å². The fourth-order valence-electron chi connectivity index (χ4n) is 1.26. The summed E-state index contributed by atoms with van der Waals surface area (Å²) in [4.78, 5) is 4.42. The Morgan fingerprint density at radius 2 is 2.19 bits per heavy atom. The minimum atomic E-state index is 0.737. The summed E-state index contributed by atoms with van der Waals surface area (Å²) in [5, 5.41) is 0.737. The first-order chi connectivity index (χ1) is 7.52. The van der Waals surface area contributed by atoms with Gasteiger partial charge < -0.3 is 5.73 Å². The highest BCUT2D eigenvalue weighted by Gasteiger charge is 1.97. The molecule has 0 aliphatic rings. The van der Waals surface area contributed by atoms with Crippen molar-refractivity contribution in [2.75, 3.05) is 0 Å². The van der Waals surface area contributed by atoms with E-state index in [0.717, 1.165) is 34.1 Å². The number of nitrogens with two attached hydrogens (primary N) is 1. The summed E-state index contributed by atoms with van der Waals surface area (Å²) in [5.74, 6) is 0. The highest BCUT2D eigenvalue weighted by atomic mass is 35.5. The molecule has 1 aromatic carbocycles. The van der Waals surface area contributed by atoms with Crippen molar-refractivity contribution in [3.05, 3.63) is 40.6 Å². The van der Waals surface area contributed by atoms with Crippen LogP contribution in [0.1, 0.15) is 25.8 Å². The molecule has 0 spiro atoms. The van der Waals surface area contributed by atoms with Crippen LogP contribution in [0.25, 0.3) is 0 Å². The molecule has 0 radical (unpaired) electrons. The van der Waals surface area contributed by atoms with E-state index >= 15 is 0 Å². The highest BCUT2D eigenvalue weighted by Crippen LogP contribution is 2.22. The summed E-state index contributed by atoms with van der Waals surface area (Å²) in [6, 6.07) is 5.76. The molecule has 3 heteroatoms. The van der Waals surface area contributed by atoms with Crippen LogP contribution in [-0.2, 0) is 0 Å². The number of allylic oxidation sites excluding steroid dienone is 2. The van der Waals surface area contributed by atoms with E-state index in [0.29, 0.717) is 0 Å². The van der Waals surface area contributed by atoms with Gasteiger partial charge in [0.2, 0.25) is 0 Å². The SMILES string of the molecule is CCC(N)=CC(C)=Nc1ccc(C)c(Cl)c1. The average molecular weight is 237 g/mol. The molecule has 0 saturated carbocycles. The third-order valence-electron chi connectivity index (χ3n) is 2.26. The van der Waals surface area contributed by atoms with Crippen LogP contribution in [0.15, 0.2) is 35.0 Å². The standard InChI is InChI=1S/C13H17ClN2/c1-4-11(15)7-10(3)16-12-6-5-9(2)13(14)8-12/h5-8H,4,15H2,1-3H3. The van der Waals surface area contributed by atoms with Gasteiger partial charge in [0.25, 0.3) is 0 Å².